The monoisotopic (exact) mass is 197 g/mol. The topological polar surface area (TPSA) is 41.6 Å². The van der Waals surface area contributed by atoms with E-state index in [0.717, 1.165) is 17.4 Å². The number of rotatable bonds is 3. The van der Waals surface area contributed by atoms with Gasteiger partial charge in [-0.05, 0) is 19.1 Å². The summed E-state index contributed by atoms with van der Waals surface area (Å²) in [6, 6.07) is 0. The highest BCUT2D eigenvalue weighted by Gasteiger charge is 2.20. The molecule has 0 aromatic carbocycles. The second kappa shape index (κ2) is 4.13. The Balaban J connectivity index is 2.03. The summed E-state index contributed by atoms with van der Waals surface area (Å²) in [4.78, 5) is 4.49. The SMILES string of the molecule is CSCc1nc(C2CCCC2)n[nH]1. The molecule has 1 saturated carbocycles. The van der Waals surface area contributed by atoms with Gasteiger partial charge in [-0.3, -0.25) is 5.10 Å². The van der Waals surface area contributed by atoms with Gasteiger partial charge in [0.05, 0.1) is 5.75 Å². The molecule has 1 aliphatic carbocycles. The van der Waals surface area contributed by atoms with Crippen molar-refractivity contribution >= 4 is 11.8 Å². The smallest absolute Gasteiger partial charge is 0.153 e. The highest BCUT2D eigenvalue weighted by Crippen LogP contribution is 2.31. The van der Waals surface area contributed by atoms with Gasteiger partial charge in [-0.15, -0.1) is 0 Å². The van der Waals surface area contributed by atoms with Gasteiger partial charge in [0.1, 0.15) is 5.82 Å². The summed E-state index contributed by atoms with van der Waals surface area (Å²) in [5.41, 5.74) is 0. The minimum atomic E-state index is 0.631. The maximum Gasteiger partial charge on any atom is 0.153 e. The van der Waals surface area contributed by atoms with Crippen LogP contribution in [0.1, 0.15) is 43.3 Å². The Morgan fingerprint density at radius 2 is 2.23 bits per heavy atom. The van der Waals surface area contributed by atoms with Gasteiger partial charge in [-0.1, -0.05) is 12.8 Å². The van der Waals surface area contributed by atoms with Crippen molar-refractivity contribution in [1.82, 2.24) is 15.2 Å². The van der Waals surface area contributed by atoms with E-state index in [1.54, 1.807) is 11.8 Å². The number of hydrogen-bond acceptors (Lipinski definition) is 3. The number of H-pyrrole nitrogens is 1. The number of thioether (sulfide) groups is 1. The van der Waals surface area contributed by atoms with Gasteiger partial charge < -0.3 is 0 Å². The average Bonchev–Trinajstić information content (AvgIpc) is 2.70. The minimum absolute atomic E-state index is 0.631. The van der Waals surface area contributed by atoms with Gasteiger partial charge >= 0.3 is 0 Å². The molecule has 0 saturated heterocycles. The Hall–Kier alpha value is -0.510. The first kappa shape index (κ1) is 9.06. The molecule has 3 nitrogen and oxygen atoms in total. The first-order valence-electron chi connectivity index (χ1n) is 4.80. The van der Waals surface area contributed by atoms with E-state index in [4.69, 9.17) is 0 Å². The van der Waals surface area contributed by atoms with E-state index in [2.05, 4.69) is 21.4 Å². The van der Waals surface area contributed by atoms with E-state index in [9.17, 15) is 0 Å². The fourth-order valence-electron chi connectivity index (χ4n) is 1.88. The van der Waals surface area contributed by atoms with E-state index < -0.39 is 0 Å². The molecular weight excluding hydrogens is 182 g/mol. The lowest BCUT2D eigenvalue weighted by molar-refractivity contribution is 0.671. The van der Waals surface area contributed by atoms with E-state index in [0.29, 0.717) is 5.92 Å². The lowest BCUT2D eigenvalue weighted by Crippen LogP contribution is -1.94. The highest BCUT2D eigenvalue weighted by molar-refractivity contribution is 7.97. The number of aromatic nitrogens is 3. The van der Waals surface area contributed by atoms with E-state index in [1.807, 2.05) is 0 Å². The predicted octanol–water partition coefficient (Wildman–Crippen LogP) is 2.33. The Kier molecular flexibility index (Phi) is 2.88. The molecule has 0 amide bonds. The van der Waals surface area contributed by atoms with E-state index in [1.165, 1.54) is 25.7 Å². The molecule has 0 bridgehead atoms. The van der Waals surface area contributed by atoms with Crippen LogP contribution in [0.5, 0.6) is 0 Å². The number of nitrogens with one attached hydrogen (secondary N) is 1. The van der Waals surface area contributed by atoms with Gasteiger partial charge in [0.15, 0.2) is 5.82 Å². The van der Waals surface area contributed by atoms with Gasteiger partial charge in [0, 0.05) is 5.92 Å². The lowest BCUT2D eigenvalue weighted by Gasteiger charge is -2.00. The van der Waals surface area contributed by atoms with E-state index in [-0.39, 0.29) is 0 Å². The molecule has 0 radical (unpaired) electrons. The zero-order valence-electron chi connectivity index (χ0n) is 7.92. The number of hydrogen-bond donors (Lipinski definition) is 1. The molecular formula is C9H15N3S. The van der Waals surface area contributed by atoms with Crippen LogP contribution in [-0.2, 0) is 5.75 Å². The number of nitrogens with zero attached hydrogens (tertiary/aromatic N) is 2. The van der Waals surface area contributed by atoms with Crippen molar-refractivity contribution in [1.29, 1.82) is 0 Å². The van der Waals surface area contributed by atoms with Crippen LogP contribution >= 0.6 is 11.8 Å². The van der Waals surface area contributed by atoms with Crippen LogP contribution in [0.15, 0.2) is 0 Å². The maximum absolute atomic E-state index is 4.49. The maximum atomic E-state index is 4.49. The lowest BCUT2D eigenvalue weighted by atomic mass is 10.1. The first-order valence-corrected chi connectivity index (χ1v) is 6.19. The molecule has 1 aromatic heterocycles. The van der Waals surface area contributed by atoms with Crippen LogP contribution in [0.3, 0.4) is 0 Å². The summed E-state index contributed by atoms with van der Waals surface area (Å²) in [6.45, 7) is 0. The molecule has 1 aromatic rings. The standard InChI is InChI=1S/C9H15N3S/c1-13-6-8-10-9(12-11-8)7-4-2-3-5-7/h7H,2-6H2,1H3,(H,10,11,12). The third kappa shape index (κ3) is 2.05. The van der Waals surface area contributed by atoms with Crippen LogP contribution < -0.4 is 0 Å². The van der Waals surface area contributed by atoms with Crippen LogP contribution in [0.25, 0.3) is 0 Å². The van der Waals surface area contributed by atoms with Crippen LogP contribution in [0.2, 0.25) is 0 Å². The van der Waals surface area contributed by atoms with Crippen LogP contribution in [0, 0.1) is 0 Å². The molecule has 1 aliphatic rings. The van der Waals surface area contributed by atoms with E-state index >= 15 is 0 Å². The van der Waals surface area contributed by atoms with Crippen molar-refractivity contribution < 1.29 is 0 Å². The van der Waals surface area contributed by atoms with Gasteiger partial charge in [0.2, 0.25) is 0 Å². The minimum Gasteiger partial charge on any atom is -0.262 e. The molecule has 0 spiro atoms. The van der Waals surface area contributed by atoms with Crippen molar-refractivity contribution in [2.75, 3.05) is 6.26 Å². The predicted molar refractivity (Wildman–Crippen MR) is 54.8 cm³/mol. The van der Waals surface area contributed by atoms with Gasteiger partial charge in [-0.2, -0.15) is 16.9 Å². The largest absolute Gasteiger partial charge is 0.262 e. The first-order chi connectivity index (χ1) is 6.40. The van der Waals surface area contributed by atoms with Gasteiger partial charge in [-0.25, -0.2) is 4.98 Å². The van der Waals surface area contributed by atoms with Crippen molar-refractivity contribution in [3.05, 3.63) is 11.6 Å². The molecule has 1 N–H and O–H groups in total. The van der Waals surface area contributed by atoms with Crippen molar-refractivity contribution in [3.63, 3.8) is 0 Å². The zero-order chi connectivity index (χ0) is 9.10. The Morgan fingerprint density at radius 3 is 2.92 bits per heavy atom. The number of aromatic amines is 1. The van der Waals surface area contributed by atoms with Crippen LogP contribution in [-0.4, -0.2) is 21.4 Å². The molecule has 0 unspecified atom stereocenters. The molecule has 0 atom stereocenters. The second-order valence-corrected chi connectivity index (χ2v) is 4.42. The molecule has 2 rings (SSSR count). The Morgan fingerprint density at radius 1 is 1.46 bits per heavy atom. The third-order valence-electron chi connectivity index (χ3n) is 2.55. The fraction of sp³-hybridized carbons (Fsp3) is 0.778. The van der Waals surface area contributed by atoms with Crippen LogP contribution in [0.4, 0.5) is 0 Å². The summed E-state index contributed by atoms with van der Waals surface area (Å²) >= 11 is 1.78. The van der Waals surface area contributed by atoms with Crippen molar-refractivity contribution in [2.45, 2.75) is 37.4 Å². The summed E-state index contributed by atoms with van der Waals surface area (Å²) in [5, 5.41) is 7.27. The average molecular weight is 197 g/mol. The molecule has 72 valence electrons. The third-order valence-corrected chi connectivity index (χ3v) is 3.11. The molecule has 1 fully saturated rings. The highest BCUT2D eigenvalue weighted by atomic mass is 32.2. The summed E-state index contributed by atoms with van der Waals surface area (Å²) in [5.74, 6) is 3.64. The Labute approximate surface area is 82.7 Å². The summed E-state index contributed by atoms with van der Waals surface area (Å²) in [6.07, 6.45) is 7.32. The normalized spacial score (nSPS) is 18.2. The Bertz CT molecular complexity index is 266. The zero-order valence-corrected chi connectivity index (χ0v) is 8.73. The second-order valence-electron chi connectivity index (χ2n) is 3.55. The molecule has 4 heteroatoms. The fourth-order valence-corrected chi connectivity index (χ4v) is 2.28. The quantitative estimate of drug-likeness (QED) is 0.808. The molecule has 13 heavy (non-hydrogen) atoms. The summed E-state index contributed by atoms with van der Waals surface area (Å²) in [7, 11) is 0. The summed E-state index contributed by atoms with van der Waals surface area (Å²) < 4.78 is 0. The van der Waals surface area contributed by atoms with Gasteiger partial charge in [0.25, 0.3) is 0 Å². The van der Waals surface area contributed by atoms with Crippen molar-refractivity contribution in [3.8, 4) is 0 Å². The molecule has 0 aliphatic heterocycles. The van der Waals surface area contributed by atoms with Crippen molar-refractivity contribution in [2.24, 2.45) is 0 Å². The molecule has 1 heterocycles.